The first-order valence-corrected chi connectivity index (χ1v) is 12.9. The second-order valence-corrected chi connectivity index (χ2v) is 10.2. The second-order valence-electron chi connectivity index (χ2n) is 7.73. The van der Waals surface area contributed by atoms with Crippen LogP contribution in [0.2, 0.25) is 0 Å². The highest BCUT2D eigenvalue weighted by atomic mass is 35.5. The number of carbonyl (C=O) groups excluding carboxylic acids is 2. The third-order valence-corrected chi connectivity index (χ3v) is 7.92. The average Bonchev–Trinajstić information content (AvgIpc) is 3.34. The lowest BCUT2D eigenvalue weighted by Gasteiger charge is -2.41. The summed E-state index contributed by atoms with van der Waals surface area (Å²) in [5.41, 5.74) is 0.932. The molecule has 2 N–H and O–H groups in total. The molecule has 4 rings (SSSR count). The van der Waals surface area contributed by atoms with Gasteiger partial charge in [-0.15, -0.1) is 0 Å². The number of carbonyl (C=O) groups is 2. The minimum atomic E-state index is -1.46. The zero-order valence-corrected chi connectivity index (χ0v) is 20.5. The normalized spacial score (nSPS) is 25.3. The summed E-state index contributed by atoms with van der Waals surface area (Å²) in [6.45, 7) is 2.41. The van der Waals surface area contributed by atoms with Crippen molar-refractivity contribution in [3.05, 3.63) is 87.8 Å². The van der Waals surface area contributed by atoms with Crippen molar-refractivity contribution >= 4 is 46.4 Å². The van der Waals surface area contributed by atoms with Crippen LogP contribution in [0.4, 0.5) is 0 Å². The number of alkyl halides is 1. The summed E-state index contributed by atoms with van der Waals surface area (Å²) < 4.78 is 5.80. The van der Waals surface area contributed by atoms with E-state index in [1.165, 1.54) is 23.1 Å². The molecule has 8 heteroatoms. The highest BCUT2D eigenvalue weighted by molar-refractivity contribution is 8.03. The van der Waals surface area contributed by atoms with E-state index in [0.717, 1.165) is 16.9 Å². The quantitative estimate of drug-likeness (QED) is 0.216. The third-order valence-electron chi connectivity index (χ3n) is 5.41. The molecular formula is C25H25ClN2O3S2. The van der Waals surface area contributed by atoms with Crippen LogP contribution in [0, 0.1) is 5.92 Å². The first-order valence-electron chi connectivity index (χ1n) is 10.8. The Morgan fingerprint density at radius 2 is 2.03 bits per heavy atom. The Labute approximate surface area is 206 Å². The Balaban J connectivity index is 1.61. The number of ether oxygens (including phenoxy) is 1. The Morgan fingerprint density at radius 3 is 2.73 bits per heavy atom. The van der Waals surface area contributed by atoms with Crippen molar-refractivity contribution in [2.24, 2.45) is 5.92 Å². The number of amides is 1. The topological polar surface area (TPSA) is 67.4 Å². The number of allylic oxidation sites excluding steroid dienone is 3. The maximum atomic E-state index is 13.3. The predicted molar refractivity (Wildman–Crippen MR) is 134 cm³/mol. The van der Waals surface area contributed by atoms with Crippen molar-refractivity contribution in [1.82, 2.24) is 10.6 Å². The van der Waals surface area contributed by atoms with Gasteiger partial charge in [0.1, 0.15) is 12.5 Å². The maximum absolute atomic E-state index is 13.3. The molecule has 5 nitrogen and oxygen atoms in total. The van der Waals surface area contributed by atoms with Crippen LogP contribution < -0.4 is 10.6 Å². The second kappa shape index (κ2) is 10.6. The molecule has 1 aromatic carbocycles. The number of benzene rings is 1. The van der Waals surface area contributed by atoms with Crippen molar-refractivity contribution in [3.8, 4) is 0 Å². The number of hydrogen-bond acceptors (Lipinski definition) is 6. The van der Waals surface area contributed by atoms with E-state index in [4.69, 9.17) is 16.3 Å². The molecule has 2 aliphatic rings. The van der Waals surface area contributed by atoms with Crippen molar-refractivity contribution in [2.45, 2.75) is 35.7 Å². The SMILES string of the molecule is CCC=CCOC1=CC=C(Sc2ccccc2)C(Cl)(C2C(=O)CC(c3ccsc3)NC2=O)N1. The van der Waals surface area contributed by atoms with E-state index < -0.39 is 16.8 Å². The molecule has 0 spiro atoms. The largest absolute Gasteiger partial charge is 0.475 e. The van der Waals surface area contributed by atoms with Gasteiger partial charge in [-0.1, -0.05) is 60.6 Å². The first kappa shape index (κ1) is 23.7. The van der Waals surface area contributed by atoms with Crippen molar-refractivity contribution in [2.75, 3.05) is 6.61 Å². The van der Waals surface area contributed by atoms with Crippen LogP contribution in [0.15, 0.2) is 87.1 Å². The number of piperidine rings is 1. The zero-order valence-electron chi connectivity index (χ0n) is 18.1. The van der Waals surface area contributed by atoms with Gasteiger partial charge in [-0.05, 0) is 53.1 Å². The van der Waals surface area contributed by atoms with E-state index in [9.17, 15) is 9.59 Å². The summed E-state index contributed by atoms with van der Waals surface area (Å²) in [7, 11) is 0. The van der Waals surface area contributed by atoms with E-state index in [2.05, 4.69) is 10.6 Å². The van der Waals surface area contributed by atoms with Gasteiger partial charge in [0.05, 0.1) is 6.04 Å². The lowest BCUT2D eigenvalue weighted by atomic mass is 9.83. The van der Waals surface area contributed by atoms with Gasteiger partial charge in [-0.2, -0.15) is 11.3 Å². The number of halogens is 1. The minimum absolute atomic E-state index is 0.186. The van der Waals surface area contributed by atoms with Crippen LogP contribution >= 0.6 is 34.7 Å². The number of hydrogen-bond donors (Lipinski definition) is 2. The highest BCUT2D eigenvalue weighted by Crippen LogP contribution is 2.46. The Hall–Kier alpha value is -2.48. The highest BCUT2D eigenvalue weighted by Gasteiger charge is 2.53. The summed E-state index contributed by atoms with van der Waals surface area (Å²) in [4.78, 5) is 26.7. The van der Waals surface area contributed by atoms with Gasteiger partial charge in [0.2, 0.25) is 5.91 Å². The lowest BCUT2D eigenvalue weighted by molar-refractivity contribution is -0.139. The maximum Gasteiger partial charge on any atom is 0.235 e. The van der Waals surface area contributed by atoms with Gasteiger partial charge < -0.3 is 15.4 Å². The van der Waals surface area contributed by atoms with E-state index in [0.29, 0.717) is 17.4 Å². The molecule has 0 aliphatic carbocycles. The smallest absolute Gasteiger partial charge is 0.235 e. The van der Waals surface area contributed by atoms with Crippen molar-refractivity contribution < 1.29 is 14.3 Å². The van der Waals surface area contributed by atoms with Crippen molar-refractivity contribution in [3.63, 3.8) is 0 Å². The molecular weight excluding hydrogens is 476 g/mol. The summed E-state index contributed by atoms with van der Waals surface area (Å²) in [6, 6.07) is 11.3. The fourth-order valence-corrected chi connectivity index (χ4v) is 6.01. The van der Waals surface area contributed by atoms with Crippen molar-refractivity contribution in [1.29, 1.82) is 0 Å². The number of ketones is 1. The summed E-state index contributed by atoms with van der Waals surface area (Å²) in [5.74, 6) is -1.28. The minimum Gasteiger partial charge on any atom is -0.475 e. The molecule has 0 bridgehead atoms. The van der Waals surface area contributed by atoms with Gasteiger partial charge >= 0.3 is 0 Å². The van der Waals surface area contributed by atoms with E-state index in [1.807, 2.05) is 72.3 Å². The van der Waals surface area contributed by atoms with Crippen LogP contribution in [0.25, 0.3) is 0 Å². The van der Waals surface area contributed by atoms with E-state index >= 15 is 0 Å². The number of thioether (sulfide) groups is 1. The van der Waals surface area contributed by atoms with Crippen LogP contribution in [0.5, 0.6) is 0 Å². The lowest BCUT2D eigenvalue weighted by Crippen LogP contribution is -2.59. The van der Waals surface area contributed by atoms with Crippen LogP contribution in [0.3, 0.4) is 0 Å². The number of nitrogens with one attached hydrogen (secondary N) is 2. The van der Waals surface area contributed by atoms with Gasteiger partial charge in [0.15, 0.2) is 16.7 Å². The Bertz CT molecular complexity index is 1060. The summed E-state index contributed by atoms with van der Waals surface area (Å²) >= 11 is 10.1. The molecule has 1 saturated heterocycles. The van der Waals surface area contributed by atoms with Gasteiger partial charge in [-0.3, -0.25) is 9.59 Å². The fraction of sp³-hybridized carbons (Fsp3) is 0.280. The van der Waals surface area contributed by atoms with Gasteiger partial charge in [-0.25, -0.2) is 0 Å². The monoisotopic (exact) mass is 500 g/mol. The molecule has 3 unspecified atom stereocenters. The molecule has 1 fully saturated rings. The third kappa shape index (κ3) is 5.37. The van der Waals surface area contributed by atoms with Gasteiger partial charge in [0, 0.05) is 16.2 Å². The number of thiophene rings is 1. The van der Waals surface area contributed by atoms with Crippen LogP contribution in [-0.2, 0) is 14.3 Å². The molecule has 172 valence electrons. The predicted octanol–water partition coefficient (Wildman–Crippen LogP) is 5.53. The Morgan fingerprint density at radius 1 is 1.21 bits per heavy atom. The Kier molecular flexibility index (Phi) is 7.63. The van der Waals surface area contributed by atoms with Crippen LogP contribution in [-0.4, -0.2) is 23.3 Å². The molecule has 1 amide bonds. The van der Waals surface area contributed by atoms with E-state index in [1.54, 1.807) is 6.08 Å². The number of Topliss-reactive ketones (excluding diaryl/α,β-unsaturated/α-hetero) is 1. The molecule has 2 aliphatic heterocycles. The van der Waals surface area contributed by atoms with Gasteiger partial charge in [0.25, 0.3) is 0 Å². The van der Waals surface area contributed by atoms with E-state index in [-0.39, 0.29) is 18.2 Å². The van der Waals surface area contributed by atoms with Crippen LogP contribution in [0.1, 0.15) is 31.4 Å². The summed E-state index contributed by atoms with van der Waals surface area (Å²) in [6.07, 6.45) is 8.63. The average molecular weight is 501 g/mol. The standard InChI is InChI=1S/C25H25ClN2O3S2/c1-2-3-7-13-31-22-11-10-21(33-18-8-5-4-6-9-18)25(26,28-22)23-20(29)15-19(27-24(23)30)17-12-14-32-16-17/h3-12,14,16,19,23,28H,2,13,15H2,1H3,(H,27,30). The number of dihydropyridines is 1. The molecule has 0 radical (unpaired) electrons. The molecule has 1 aromatic heterocycles. The first-order chi connectivity index (χ1) is 16.0. The molecule has 2 aromatic rings. The summed E-state index contributed by atoms with van der Waals surface area (Å²) in [5, 5.41) is 10.0. The molecule has 3 atom stereocenters. The number of rotatable bonds is 8. The molecule has 33 heavy (non-hydrogen) atoms. The zero-order chi connectivity index (χ0) is 23.3. The molecule has 3 heterocycles. The fourth-order valence-electron chi connectivity index (χ4n) is 3.80. The molecule has 0 saturated carbocycles.